The van der Waals surface area contributed by atoms with E-state index in [1.807, 2.05) is 0 Å². The molecule has 0 aliphatic carbocycles. The van der Waals surface area contributed by atoms with Gasteiger partial charge in [0.2, 0.25) is 17.3 Å². The van der Waals surface area contributed by atoms with Gasteiger partial charge in [-0.25, -0.2) is 104 Å². The van der Waals surface area contributed by atoms with Crippen LogP contribution in [0.4, 0.5) is 52.7 Å². The van der Waals surface area contributed by atoms with E-state index in [0.717, 1.165) is 125 Å². The molecule has 0 atom stereocenters. The molecule has 0 aromatic carbocycles. The molecule has 0 amide bonds. The van der Waals surface area contributed by atoms with E-state index < -0.39 is 228 Å². The zero-order valence-electron chi connectivity index (χ0n) is 69.8. The second kappa shape index (κ2) is 29.0. The second-order valence-electron chi connectivity index (χ2n) is 35.0. The van der Waals surface area contributed by atoms with Gasteiger partial charge in [-0.05, 0) is 0 Å². The number of halogens is 12. The van der Waals surface area contributed by atoms with Crippen molar-refractivity contribution < 1.29 is 96.1 Å². The summed E-state index contributed by atoms with van der Waals surface area (Å²) in [6.07, 6.45) is -7.93. The number of phosphoric acid groups is 1. The highest BCUT2D eigenvalue weighted by Gasteiger charge is 2.70. The Labute approximate surface area is 689 Å². The predicted molar refractivity (Wildman–Crippen MR) is 410 cm³/mol. The van der Waals surface area contributed by atoms with Gasteiger partial charge in [0.15, 0.2) is 52.1 Å². The van der Waals surface area contributed by atoms with Crippen LogP contribution in [0, 0.1) is 49.9 Å². The quantitative estimate of drug-likeness (QED) is 0.0476. The first-order valence-electron chi connectivity index (χ1n) is 36.3. The van der Waals surface area contributed by atoms with Crippen molar-refractivity contribution in [2.24, 2.45) is 32.5 Å². The summed E-state index contributed by atoms with van der Waals surface area (Å²) in [4.78, 5) is 50.9. The van der Waals surface area contributed by atoms with Crippen molar-refractivity contribution >= 4 is 55.8 Å². The molecule has 0 bridgehead atoms. The third-order valence-electron chi connectivity index (χ3n) is 19.9. The third kappa shape index (κ3) is 14.9. The highest BCUT2D eigenvalue weighted by atomic mass is 32.2. The molecule has 122 heavy (non-hydrogen) atoms. The number of imidazole rings is 6. The van der Waals surface area contributed by atoms with Gasteiger partial charge in [0.05, 0.1) is 55.8 Å². The molecule has 0 saturated carbocycles. The van der Waals surface area contributed by atoms with Crippen molar-refractivity contribution in [3.63, 3.8) is 0 Å². The molecule has 0 N–H and O–H groups in total. The fourth-order valence-electron chi connectivity index (χ4n) is 15.3. The first kappa shape index (κ1) is 91.1. The van der Waals surface area contributed by atoms with E-state index in [1.165, 1.54) is 125 Å². The van der Waals surface area contributed by atoms with Crippen LogP contribution in [0.5, 0.6) is 0 Å². The molecule has 0 aliphatic heterocycles. The lowest BCUT2D eigenvalue weighted by Gasteiger charge is -2.58. The van der Waals surface area contributed by atoms with E-state index in [4.69, 9.17) is 13.6 Å². The highest BCUT2D eigenvalue weighted by Crippen LogP contribution is 2.73. The molecule has 12 heterocycles. The van der Waals surface area contributed by atoms with Crippen molar-refractivity contribution in [1.29, 1.82) is 0 Å². The summed E-state index contributed by atoms with van der Waals surface area (Å²) in [6, 6.07) is 0. The van der Waals surface area contributed by atoms with Crippen LogP contribution in [0.25, 0.3) is 86.1 Å². The van der Waals surface area contributed by atoms with Gasteiger partial charge in [0.1, 0.15) is 70.2 Å². The zero-order chi connectivity index (χ0) is 91.3. The van der Waals surface area contributed by atoms with Crippen LogP contribution in [0.1, 0.15) is 142 Å². The molecule has 0 unspecified atom stereocenters. The van der Waals surface area contributed by atoms with Crippen LogP contribution in [-0.2, 0) is 84.5 Å². The maximum atomic E-state index is 19.5. The molecule has 0 fully saturated rings. The van der Waals surface area contributed by atoms with Gasteiger partial charge in [-0.15, -0.1) is 15.3 Å². The first-order chi connectivity index (χ1) is 55.4. The maximum Gasteiger partial charge on any atom is 0.481 e. The lowest BCUT2D eigenvalue weighted by molar-refractivity contribution is -0.267. The predicted octanol–water partition coefficient (Wildman–Crippen LogP) is 12.4. The van der Waals surface area contributed by atoms with Crippen LogP contribution in [-0.4, -0.2) is 195 Å². The standard InChI is InChI=1S/C69H84F12N27O10PS3/c1-58(2,3)67(59(4,5)6,106-49(91-52(94-106)64(73,74)75)43-46(103-28-37(70)25-82-55(103)88-43)40-31-100(34-85-40)120(110,111)97(19)20)116-119(109,117-68(60(7,8)9,61(10,11)12)107-50(92-53(95-107)65(76,77)78)44-47(104-29-38(71)26-83-56(104)89-44)41-32-101(35-86-41)121(112,113)98(21)22)118-69(62(13,14)15,63(16,17)18)108-51(93-54(96-108)66(79,80)81)45-48(105-30-39(72)27-84-57(105)90-45)42-33-102(36-87-42)122(114,115)99(23)24/h25-36H,1-24H3. The summed E-state index contributed by atoms with van der Waals surface area (Å²) in [5.41, 5.74) is -28.7. The van der Waals surface area contributed by atoms with Gasteiger partial charge in [-0.1, -0.05) is 125 Å². The average Bonchev–Trinajstić information content (AvgIpc) is 1.04. The van der Waals surface area contributed by atoms with Crippen molar-refractivity contribution in [2.75, 3.05) is 42.3 Å². The van der Waals surface area contributed by atoms with Crippen molar-refractivity contribution in [3.05, 3.63) is 110 Å². The van der Waals surface area contributed by atoms with E-state index in [2.05, 4.69) is 75.1 Å². The Kier molecular flexibility index (Phi) is 21.7. The van der Waals surface area contributed by atoms with E-state index in [0.29, 0.717) is 44.6 Å². The summed E-state index contributed by atoms with van der Waals surface area (Å²) in [6.45, 7) is 23.1. The Hall–Kier alpha value is -10.1. The van der Waals surface area contributed by atoms with E-state index >= 15 is 57.3 Å². The molecule has 0 spiro atoms. The second-order valence-corrected chi connectivity index (χ2v) is 42.6. The molecular weight excluding hydrogens is 1720 g/mol. The molecule has 37 nitrogen and oxygen atoms in total. The minimum atomic E-state index is -7.11. The number of aromatic nitrogens is 24. The molecule has 0 aliphatic rings. The van der Waals surface area contributed by atoms with Crippen molar-refractivity contribution in [1.82, 2.24) is 127 Å². The summed E-state index contributed by atoms with van der Waals surface area (Å²) < 4.78 is 329. The van der Waals surface area contributed by atoms with Crippen LogP contribution in [0.15, 0.2) is 74.8 Å². The molecule has 53 heteroatoms. The molecule has 0 radical (unpaired) electrons. The number of phosphoric ester groups is 1. The molecule has 0 saturated heterocycles. The van der Waals surface area contributed by atoms with Gasteiger partial charge in [-0.2, -0.15) is 77.7 Å². The average molecular weight is 1810 g/mol. The van der Waals surface area contributed by atoms with Crippen molar-refractivity contribution in [3.8, 4) is 68.7 Å². The Morgan fingerprint density at radius 3 is 0.738 bits per heavy atom. The van der Waals surface area contributed by atoms with Crippen molar-refractivity contribution in [2.45, 2.75) is 160 Å². The van der Waals surface area contributed by atoms with E-state index in [9.17, 15) is 25.3 Å². The largest absolute Gasteiger partial charge is 0.481 e. The van der Waals surface area contributed by atoms with Crippen LogP contribution in [0.2, 0.25) is 0 Å². The minimum absolute atomic E-state index is 0.427. The van der Waals surface area contributed by atoms with Crippen LogP contribution >= 0.6 is 7.82 Å². The number of hydrogen-bond donors (Lipinski definition) is 0. The Balaban J connectivity index is 1.29. The first-order valence-corrected chi connectivity index (χ1v) is 42.0. The van der Waals surface area contributed by atoms with E-state index in [-0.39, 0.29) is 0 Å². The van der Waals surface area contributed by atoms with Gasteiger partial charge in [0, 0.05) is 74.8 Å². The monoisotopic (exact) mass is 1810 g/mol. The van der Waals surface area contributed by atoms with Crippen LogP contribution in [0.3, 0.4) is 0 Å². The minimum Gasteiger partial charge on any atom is -0.278 e. The Morgan fingerprint density at radius 2 is 0.549 bits per heavy atom. The Morgan fingerprint density at radius 1 is 0.336 bits per heavy atom. The number of nitrogens with zero attached hydrogens (tertiary/aromatic N) is 27. The number of fused-ring (bicyclic) bond motifs is 3. The maximum absolute atomic E-state index is 19.5. The molecular formula is C69H84F12N27O10PS3. The number of rotatable bonds is 21. The number of hydrogen-bond acceptors (Lipinski definition) is 25. The van der Waals surface area contributed by atoms with Crippen LogP contribution < -0.4 is 0 Å². The topological polar surface area (TPSA) is 393 Å². The third-order valence-corrected chi connectivity index (χ3v) is 26.3. The van der Waals surface area contributed by atoms with Gasteiger partial charge in [0.25, 0.3) is 17.5 Å². The lowest BCUT2D eigenvalue weighted by Crippen LogP contribution is -2.61. The SMILES string of the molecule is CN(C)S(=O)(=O)n1cnc(-c2c(-c3nc(C(F)(F)F)nn3C(OP(=O)(OC(n3nc(C(F)(F)F)nc3-c3nc4ncc(F)cn4c3-c3cn(S(=O)(=O)N(C)C)cn3)(C(C)(C)C)C(C)(C)C)OC(n3nc(C(F)(F)F)nc3-c3nc4ncc(F)cn4c3-c3cn(S(=O)(=O)N(C)C)cn3)(C(C)(C)C)C(C)(C)C)(C(C)(C)C)C(C)(C)C)nc3ncc(F)cn23)c1. The zero-order valence-corrected chi connectivity index (χ0v) is 73.1. The summed E-state index contributed by atoms with van der Waals surface area (Å²) >= 11 is 0. The number of alkyl halides is 9. The lowest BCUT2D eigenvalue weighted by atomic mass is 9.68. The Bertz CT molecular complexity index is 5870. The summed E-state index contributed by atoms with van der Waals surface area (Å²) in [5, 5.41) is 12.5. The molecule has 12 rings (SSSR count). The fraction of sp³-hybridized carbons (Fsp3) is 0.522. The smallest absolute Gasteiger partial charge is 0.278 e. The molecule has 12 aromatic rings. The highest BCUT2D eigenvalue weighted by molar-refractivity contribution is 7.88. The van der Waals surface area contributed by atoms with Gasteiger partial charge < -0.3 is 0 Å². The summed E-state index contributed by atoms with van der Waals surface area (Å²) in [5.74, 6) is -14.6. The molecule has 662 valence electrons. The normalized spacial score (nSPS) is 14.5. The van der Waals surface area contributed by atoms with Gasteiger partial charge in [-0.3, -0.25) is 26.8 Å². The van der Waals surface area contributed by atoms with Gasteiger partial charge >= 0.3 is 57.0 Å². The fourth-order valence-corrected chi connectivity index (χ4v) is 20.6. The van der Waals surface area contributed by atoms with E-state index in [1.54, 1.807) is 0 Å². The molecule has 12 aromatic heterocycles. The summed E-state index contributed by atoms with van der Waals surface area (Å²) in [7, 11) is -13.8.